The predicted octanol–water partition coefficient (Wildman–Crippen LogP) is 0.0298. The summed E-state index contributed by atoms with van der Waals surface area (Å²) in [5.74, 6) is 0.0737. The van der Waals surface area contributed by atoms with E-state index in [1.54, 1.807) is 7.05 Å². The molecule has 0 aliphatic heterocycles. The molecule has 8 nitrogen and oxygen atoms in total. The minimum absolute atomic E-state index is 0.0135. The number of unbranched alkanes of at least 4 members (excludes halogenated alkanes) is 1. The Kier molecular flexibility index (Phi) is 17.7. The van der Waals surface area contributed by atoms with Crippen LogP contribution in [0.3, 0.4) is 0 Å². The fourth-order valence-corrected chi connectivity index (χ4v) is 2.33. The van der Waals surface area contributed by atoms with Crippen molar-refractivity contribution in [3.05, 3.63) is 0 Å². The van der Waals surface area contributed by atoms with Gasteiger partial charge in [0.1, 0.15) is 0 Å². The van der Waals surface area contributed by atoms with Crippen LogP contribution in [-0.4, -0.2) is 78.0 Å². The Balaban J connectivity index is 3.47. The fourth-order valence-electron chi connectivity index (χ4n) is 2.33. The van der Waals surface area contributed by atoms with Crippen LogP contribution < -0.4 is 21.3 Å². The molecule has 2 amide bonds. The van der Waals surface area contributed by atoms with Gasteiger partial charge in [-0.1, -0.05) is 13.3 Å². The SMILES string of the molecule is CCCC(=O)NCCOCCOCCNC(=O)C(CCCCNC)NC. The van der Waals surface area contributed by atoms with Gasteiger partial charge < -0.3 is 30.7 Å². The largest absolute Gasteiger partial charge is 0.377 e. The smallest absolute Gasteiger partial charge is 0.237 e. The molecule has 0 aliphatic carbocycles. The van der Waals surface area contributed by atoms with Crippen LogP contribution in [0, 0.1) is 0 Å². The number of likely N-dealkylation sites (N-methyl/N-ethyl adjacent to an activating group) is 1. The normalized spacial score (nSPS) is 12.0. The molecule has 0 saturated heterocycles. The Morgan fingerprint density at radius 2 is 1.54 bits per heavy atom. The van der Waals surface area contributed by atoms with Gasteiger partial charge in [0.05, 0.1) is 32.5 Å². The lowest BCUT2D eigenvalue weighted by Crippen LogP contribution is -2.43. The molecule has 8 heteroatoms. The van der Waals surface area contributed by atoms with Crippen LogP contribution in [0.25, 0.3) is 0 Å². The molecular weight excluding hydrogens is 336 g/mol. The third-order valence-corrected chi connectivity index (χ3v) is 3.80. The van der Waals surface area contributed by atoms with Gasteiger partial charge in [0.25, 0.3) is 0 Å². The number of carbonyl (C=O) groups is 2. The molecule has 0 heterocycles. The van der Waals surface area contributed by atoms with E-state index in [0.29, 0.717) is 45.9 Å². The van der Waals surface area contributed by atoms with Gasteiger partial charge in [-0.2, -0.15) is 0 Å². The number of rotatable bonds is 18. The minimum Gasteiger partial charge on any atom is -0.377 e. The molecule has 0 aromatic carbocycles. The Labute approximate surface area is 158 Å². The van der Waals surface area contributed by atoms with Crippen molar-refractivity contribution >= 4 is 11.8 Å². The highest BCUT2D eigenvalue weighted by molar-refractivity contribution is 5.81. The van der Waals surface area contributed by atoms with Gasteiger partial charge in [0, 0.05) is 19.5 Å². The standard InChI is InChI=1S/C18H38N4O4/c1-4-7-17(23)21-10-12-25-14-15-26-13-11-22-18(24)16(20-3)8-5-6-9-19-2/h16,19-20H,4-15H2,1-3H3,(H,21,23)(H,22,24). The van der Waals surface area contributed by atoms with Crippen molar-refractivity contribution in [3.63, 3.8) is 0 Å². The molecule has 0 saturated carbocycles. The summed E-state index contributed by atoms with van der Waals surface area (Å²) in [4.78, 5) is 23.3. The molecule has 0 rings (SSSR count). The van der Waals surface area contributed by atoms with Gasteiger partial charge in [-0.25, -0.2) is 0 Å². The van der Waals surface area contributed by atoms with Crippen molar-refractivity contribution < 1.29 is 19.1 Å². The average Bonchev–Trinajstić information content (AvgIpc) is 2.63. The number of carbonyl (C=O) groups excluding carboxylic acids is 2. The molecule has 0 spiro atoms. The maximum Gasteiger partial charge on any atom is 0.237 e. The van der Waals surface area contributed by atoms with Crippen molar-refractivity contribution in [3.8, 4) is 0 Å². The molecule has 0 aromatic heterocycles. The summed E-state index contributed by atoms with van der Waals surface area (Å²) >= 11 is 0. The lowest BCUT2D eigenvalue weighted by Gasteiger charge is -2.16. The molecule has 0 fully saturated rings. The maximum atomic E-state index is 12.0. The van der Waals surface area contributed by atoms with Crippen LogP contribution in [-0.2, 0) is 19.1 Å². The highest BCUT2D eigenvalue weighted by atomic mass is 16.5. The molecular formula is C18H38N4O4. The molecule has 1 atom stereocenters. The highest BCUT2D eigenvalue weighted by Crippen LogP contribution is 2.00. The molecule has 4 N–H and O–H groups in total. The Morgan fingerprint density at radius 3 is 2.12 bits per heavy atom. The lowest BCUT2D eigenvalue weighted by atomic mass is 10.1. The summed E-state index contributed by atoms with van der Waals surface area (Å²) in [5, 5.41) is 11.8. The van der Waals surface area contributed by atoms with Crippen LogP contribution in [0.2, 0.25) is 0 Å². The van der Waals surface area contributed by atoms with Gasteiger partial charge in [-0.15, -0.1) is 0 Å². The second-order valence-electron chi connectivity index (χ2n) is 6.06. The molecule has 0 bridgehead atoms. The molecule has 0 aromatic rings. The van der Waals surface area contributed by atoms with Crippen LogP contribution in [0.5, 0.6) is 0 Å². The highest BCUT2D eigenvalue weighted by Gasteiger charge is 2.14. The Bertz CT molecular complexity index is 356. The maximum absolute atomic E-state index is 12.0. The third kappa shape index (κ3) is 15.1. The van der Waals surface area contributed by atoms with Crippen molar-refractivity contribution in [1.29, 1.82) is 0 Å². The average molecular weight is 375 g/mol. The van der Waals surface area contributed by atoms with Crippen LogP contribution >= 0.6 is 0 Å². The van der Waals surface area contributed by atoms with E-state index in [2.05, 4.69) is 21.3 Å². The number of ether oxygens (including phenoxy) is 2. The van der Waals surface area contributed by atoms with Gasteiger partial charge in [-0.3, -0.25) is 9.59 Å². The minimum atomic E-state index is -0.155. The van der Waals surface area contributed by atoms with Crippen molar-refractivity contribution in [1.82, 2.24) is 21.3 Å². The van der Waals surface area contributed by atoms with Gasteiger partial charge >= 0.3 is 0 Å². The van der Waals surface area contributed by atoms with Crippen molar-refractivity contribution in [2.75, 3.05) is 60.2 Å². The quantitative estimate of drug-likeness (QED) is 0.253. The number of hydrogen-bond donors (Lipinski definition) is 4. The van der Waals surface area contributed by atoms with Crippen LogP contribution in [0.15, 0.2) is 0 Å². The molecule has 1 unspecified atom stereocenters. The predicted molar refractivity (Wildman–Crippen MR) is 103 cm³/mol. The molecule has 0 radical (unpaired) electrons. The van der Waals surface area contributed by atoms with E-state index in [-0.39, 0.29) is 17.9 Å². The van der Waals surface area contributed by atoms with E-state index in [1.165, 1.54) is 0 Å². The van der Waals surface area contributed by atoms with Gasteiger partial charge in [-0.05, 0) is 39.9 Å². The van der Waals surface area contributed by atoms with E-state index in [4.69, 9.17) is 9.47 Å². The zero-order valence-corrected chi connectivity index (χ0v) is 16.7. The third-order valence-electron chi connectivity index (χ3n) is 3.80. The first-order chi connectivity index (χ1) is 12.7. The van der Waals surface area contributed by atoms with E-state index in [1.807, 2.05) is 14.0 Å². The van der Waals surface area contributed by atoms with Gasteiger partial charge in [0.2, 0.25) is 11.8 Å². The zero-order valence-electron chi connectivity index (χ0n) is 16.7. The molecule has 26 heavy (non-hydrogen) atoms. The summed E-state index contributed by atoms with van der Waals surface area (Å²) in [6, 6.07) is -0.155. The molecule has 154 valence electrons. The first kappa shape index (κ1) is 24.8. The summed E-state index contributed by atoms with van der Waals surface area (Å²) in [5.41, 5.74) is 0. The van der Waals surface area contributed by atoms with Crippen molar-refractivity contribution in [2.24, 2.45) is 0 Å². The topological polar surface area (TPSA) is 101 Å². The summed E-state index contributed by atoms with van der Waals surface area (Å²) in [6.45, 7) is 5.83. The monoisotopic (exact) mass is 374 g/mol. The number of hydrogen-bond acceptors (Lipinski definition) is 6. The summed E-state index contributed by atoms with van der Waals surface area (Å²) in [6.07, 6.45) is 4.30. The summed E-state index contributed by atoms with van der Waals surface area (Å²) in [7, 11) is 3.74. The Hall–Kier alpha value is -1.22. The first-order valence-corrected chi connectivity index (χ1v) is 9.67. The van der Waals surface area contributed by atoms with Crippen LogP contribution in [0.1, 0.15) is 39.0 Å². The van der Waals surface area contributed by atoms with E-state index >= 15 is 0 Å². The van der Waals surface area contributed by atoms with E-state index in [0.717, 1.165) is 32.2 Å². The number of amides is 2. The second kappa shape index (κ2) is 18.6. The van der Waals surface area contributed by atoms with Gasteiger partial charge in [0.15, 0.2) is 0 Å². The zero-order chi connectivity index (χ0) is 19.5. The first-order valence-electron chi connectivity index (χ1n) is 9.67. The van der Waals surface area contributed by atoms with Crippen LogP contribution in [0.4, 0.5) is 0 Å². The summed E-state index contributed by atoms with van der Waals surface area (Å²) < 4.78 is 10.8. The molecule has 0 aliphatic rings. The van der Waals surface area contributed by atoms with E-state index in [9.17, 15) is 9.59 Å². The fraction of sp³-hybridized carbons (Fsp3) is 0.889. The van der Waals surface area contributed by atoms with E-state index < -0.39 is 0 Å². The number of nitrogens with one attached hydrogen (secondary N) is 4. The second-order valence-corrected chi connectivity index (χ2v) is 6.06. The lowest BCUT2D eigenvalue weighted by molar-refractivity contribution is -0.123. The Morgan fingerprint density at radius 1 is 0.885 bits per heavy atom. The van der Waals surface area contributed by atoms with Crippen molar-refractivity contribution in [2.45, 2.75) is 45.1 Å².